The molecule has 24 heavy (non-hydrogen) atoms. The number of hydrogen-bond acceptors (Lipinski definition) is 4. The molecule has 4 heteroatoms. The number of ether oxygens (including phenoxy) is 2. The average Bonchev–Trinajstić information content (AvgIpc) is 3.02. The molecule has 0 spiro atoms. The second-order valence-electron chi connectivity index (χ2n) is 6.08. The number of aryl methyl sites for hydroxylation is 1. The van der Waals surface area contributed by atoms with Crippen LogP contribution < -0.4 is 4.74 Å². The summed E-state index contributed by atoms with van der Waals surface area (Å²) in [6.07, 6.45) is 1.62. The third-order valence-electron chi connectivity index (χ3n) is 4.89. The molecule has 0 aliphatic heterocycles. The van der Waals surface area contributed by atoms with Crippen molar-refractivity contribution >= 4 is 11.6 Å². The topological polar surface area (TPSA) is 52.6 Å². The van der Waals surface area contributed by atoms with Crippen LogP contribution in [0.15, 0.2) is 30.3 Å². The Balaban J connectivity index is 1.96. The number of rotatable bonds is 3. The maximum absolute atomic E-state index is 13.2. The number of benzene rings is 2. The quantitative estimate of drug-likeness (QED) is 0.740. The van der Waals surface area contributed by atoms with Crippen molar-refractivity contribution in [1.82, 2.24) is 0 Å². The van der Waals surface area contributed by atoms with Crippen LogP contribution in [0, 0.1) is 0 Å². The van der Waals surface area contributed by atoms with Gasteiger partial charge in [-0.3, -0.25) is 9.59 Å². The molecule has 1 atom stereocenters. The van der Waals surface area contributed by atoms with Gasteiger partial charge < -0.3 is 9.47 Å². The molecular weight excluding hydrogens is 304 g/mol. The van der Waals surface area contributed by atoms with E-state index >= 15 is 0 Å². The van der Waals surface area contributed by atoms with E-state index < -0.39 is 0 Å². The highest BCUT2D eigenvalue weighted by atomic mass is 16.5. The van der Waals surface area contributed by atoms with Gasteiger partial charge in [-0.1, -0.05) is 18.2 Å². The van der Waals surface area contributed by atoms with Gasteiger partial charge >= 0.3 is 0 Å². The lowest BCUT2D eigenvalue weighted by atomic mass is 9.80. The van der Waals surface area contributed by atoms with E-state index in [0.717, 1.165) is 24.0 Å². The van der Waals surface area contributed by atoms with Crippen LogP contribution in [0.5, 0.6) is 5.75 Å². The largest absolute Gasteiger partial charge is 0.496 e. The zero-order valence-corrected chi connectivity index (χ0v) is 13.7. The van der Waals surface area contributed by atoms with Crippen molar-refractivity contribution < 1.29 is 19.1 Å². The van der Waals surface area contributed by atoms with Gasteiger partial charge in [0.2, 0.25) is 0 Å². The molecule has 4 rings (SSSR count). The second-order valence-corrected chi connectivity index (χ2v) is 6.08. The van der Waals surface area contributed by atoms with Crippen molar-refractivity contribution in [3.8, 4) is 5.75 Å². The number of carbonyl (C=O) groups is 2. The molecule has 0 N–H and O–H groups in total. The molecule has 0 aromatic heterocycles. The smallest absolute Gasteiger partial charge is 0.198 e. The molecule has 2 aromatic rings. The fraction of sp³-hybridized carbons (Fsp3) is 0.300. The summed E-state index contributed by atoms with van der Waals surface area (Å²) in [5.41, 5.74) is 3.78. The maximum Gasteiger partial charge on any atom is 0.198 e. The highest BCUT2D eigenvalue weighted by Crippen LogP contribution is 2.42. The lowest BCUT2D eigenvalue weighted by molar-refractivity contribution is 0.0629. The van der Waals surface area contributed by atoms with Gasteiger partial charge in [0.15, 0.2) is 11.6 Å². The Bertz CT molecular complexity index is 864. The monoisotopic (exact) mass is 322 g/mol. The molecule has 0 heterocycles. The zero-order chi connectivity index (χ0) is 16.8. The van der Waals surface area contributed by atoms with E-state index in [1.54, 1.807) is 24.3 Å². The molecule has 2 aliphatic carbocycles. The summed E-state index contributed by atoms with van der Waals surface area (Å²) in [5, 5.41) is 0. The Morgan fingerprint density at radius 1 is 1.04 bits per heavy atom. The summed E-state index contributed by atoms with van der Waals surface area (Å²) in [7, 11) is 1.51. The van der Waals surface area contributed by atoms with E-state index in [1.807, 2.05) is 13.0 Å². The molecule has 122 valence electrons. The Hall–Kier alpha value is -2.46. The minimum Gasteiger partial charge on any atom is -0.496 e. The number of methoxy groups -OCH3 is 1. The van der Waals surface area contributed by atoms with E-state index in [4.69, 9.17) is 9.47 Å². The van der Waals surface area contributed by atoms with Crippen LogP contribution in [0.1, 0.15) is 62.4 Å². The zero-order valence-electron chi connectivity index (χ0n) is 13.7. The third kappa shape index (κ3) is 1.96. The standard InChI is InChI=1S/C20H18O4/c1-3-24-15-10-8-11-7-9-13-18(16(11)15)20(22)12-5-4-6-14(23-2)17(12)19(13)21/h4-7,9,15H,3,8,10H2,1-2H3. The van der Waals surface area contributed by atoms with Gasteiger partial charge in [-0.25, -0.2) is 0 Å². The number of ketones is 2. The first-order valence-electron chi connectivity index (χ1n) is 8.21. The SMILES string of the molecule is CCOC1CCc2ccc3c(c21)C(=O)c1cccc(OC)c1C3=O. The van der Waals surface area contributed by atoms with Gasteiger partial charge in [-0.2, -0.15) is 0 Å². The van der Waals surface area contributed by atoms with Gasteiger partial charge in [0.25, 0.3) is 0 Å². The maximum atomic E-state index is 13.2. The van der Waals surface area contributed by atoms with Crippen molar-refractivity contribution in [2.24, 2.45) is 0 Å². The first-order valence-corrected chi connectivity index (χ1v) is 8.21. The Kier molecular flexibility index (Phi) is 3.50. The molecule has 0 amide bonds. The lowest BCUT2D eigenvalue weighted by Crippen LogP contribution is -2.24. The summed E-state index contributed by atoms with van der Waals surface area (Å²) in [4.78, 5) is 26.2. The van der Waals surface area contributed by atoms with Gasteiger partial charge in [-0.05, 0) is 43.0 Å². The molecular formula is C20H18O4. The van der Waals surface area contributed by atoms with Crippen molar-refractivity contribution in [3.05, 3.63) is 63.7 Å². The van der Waals surface area contributed by atoms with Crippen molar-refractivity contribution in [2.75, 3.05) is 13.7 Å². The average molecular weight is 322 g/mol. The normalized spacial score (nSPS) is 18.2. The van der Waals surface area contributed by atoms with Crippen LogP contribution in [0.4, 0.5) is 0 Å². The van der Waals surface area contributed by atoms with E-state index in [9.17, 15) is 9.59 Å². The summed E-state index contributed by atoms with van der Waals surface area (Å²) in [5.74, 6) is 0.183. The lowest BCUT2D eigenvalue weighted by Gasteiger charge is -2.23. The van der Waals surface area contributed by atoms with Crippen LogP contribution in [0.25, 0.3) is 0 Å². The first-order chi connectivity index (χ1) is 11.7. The predicted octanol–water partition coefficient (Wildman–Crippen LogP) is 3.49. The summed E-state index contributed by atoms with van der Waals surface area (Å²) >= 11 is 0. The van der Waals surface area contributed by atoms with Gasteiger partial charge in [0.05, 0.1) is 18.8 Å². The molecule has 0 saturated heterocycles. The third-order valence-corrected chi connectivity index (χ3v) is 4.89. The number of carbonyl (C=O) groups excluding carboxylic acids is 2. The fourth-order valence-electron chi connectivity index (χ4n) is 3.88. The fourth-order valence-corrected chi connectivity index (χ4v) is 3.88. The van der Waals surface area contributed by atoms with Crippen LogP contribution in [0.2, 0.25) is 0 Å². The molecule has 0 bridgehead atoms. The molecule has 4 nitrogen and oxygen atoms in total. The molecule has 2 aliphatic rings. The number of hydrogen-bond donors (Lipinski definition) is 0. The van der Waals surface area contributed by atoms with Crippen LogP contribution in [-0.2, 0) is 11.2 Å². The Morgan fingerprint density at radius 3 is 2.54 bits per heavy atom. The van der Waals surface area contributed by atoms with Crippen LogP contribution in [0.3, 0.4) is 0 Å². The first kappa shape index (κ1) is 15.1. The van der Waals surface area contributed by atoms with Gasteiger partial charge in [-0.15, -0.1) is 0 Å². The van der Waals surface area contributed by atoms with Crippen molar-refractivity contribution in [1.29, 1.82) is 0 Å². The summed E-state index contributed by atoms with van der Waals surface area (Å²) < 4.78 is 11.1. The minimum absolute atomic E-state index is 0.108. The Labute approximate surface area is 140 Å². The highest BCUT2D eigenvalue weighted by Gasteiger charge is 2.38. The Morgan fingerprint density at radius 2 is 1.79 bits per heavy atom. The van der Waals surface area contributed by atoms with Crippen LogP contribution in [-0.4, -0.2) is 25.3 Å². The highest BCUT2D eigenvalue weighted by molar-refractivity contribution is 6.30. The number of fused-ring (bicyclic) bond motifs is 4. The van der Waals surface area contributed by atoms with E-state index in [2.05, 4.69) is 0 Å². The van der Waals surface area contributed by atoms with Gasteiger partial charge in [0, 0.05) is 23.3 Å². The predicted molar refractivity (Wildman–Crippen MR) is 89.0 cm³/mol. The minimum atomic E-state index is -0.151. The van der Waals surface area contributed by atoms with Crippen LogP contribution >= 0.6 is 0 Å². The van der Waals surface area contributed by atoms with Gasteiger partial charge in [0.1, 0.15) is 5.75 Å². The summed E-state index contributed by atoms with van der Waals surface area (Å²) in [6.45, 7) is 2.53. The van der Waals surface area contributed by atoms with E-state index in [1.165, 1.54) is 7.11 Å². The molecule has 2 aromatic carbocycles. The van der Waals surface area contributed by atoms with E-state index in [0.29, 0.717) is 34.6 Å². The molecule has 0 radical (unpaired) electrons. The van der Waals surface area contributed by atoms with Crippen molar-refractivity contribution in [2.45, 2.75) is 25.9 Å². The molecule has 0 fully saturated rings. The molecule has 1 unspecified atom stereocenters. The molecule has 0 saturated carbocycles. The van der Waals surface area contributed by atoms with Crippen molar-refractivity contribution in [3.63, 3.8) is 0 Å². The summed E-state index contributed by atoms with van der Waals surface area (Å²) in [6, 6.07) is 8.89. The second kappa shape index (κ2) is 5.56. The van der Waals surface area contributed by atoms with E-state index in [-0.39, 0.29) is 17.7 Å².